The maximum Gasteiger partial charge on any atom is 0.265 e. The number of aromatic nitrogens is 1. The zero-order valence-electron chi connectivity index (χ0n) is 16.5. The number of thiophene rings is 1. The summed E-state index contributed by atoms with van der Waals surface area (Å²) in [6.07, 6.45) is 4.95. The molecular weight excluding hydrogens is 360 g/mol. The van der Waals surface area contributed by atoms with Gasteiger partial charge in [-0.25, -0.2) is 0 Å². The maximum absolute atomic E-state index is 12.7. The molecule has 1 amide bonds. The van der Waals surface area contributed by atoms with Gasteiger partial charge in [0.1, 0.15) is 0 Å². The van der Waals surface area contributed by atoms with E-state index in [0.717, 1.165) is 17.7 Å². The molecule has 2 aromatic heterocycles. The molecule has 0 aromatic carbocycles. The van der Waals surface area contributed by atoms with E-state index in [-0.39, 0.29) is 16.9 Å². The Hall–Kier alpha value is -1.92. The zero-order chi connectivity index (χ0) is 19.6. The number of nitrogens with one attached hydrogen (secondary N) is 1. The third kappa shape index (κ3) is 4.68. The Morgan fingerprint density at radius 2 is 2.15 bits per heavy atom. The Morgan fingerprint density at radius 1 is 1.37 bits per heavy atom. The van der Waals surface area contributed by atoms with E-state index < -0.39 is 0 Å². The standard InChI is InChI=1S/C21H28N2O3S/c1-21(2,3)15-5-7-17-14(11-15)12-18(27-17)20(25)22-16-6-8-19(24)23(13-16)9-10-26-4/h6,8,12-13,15H,5,7,9-11H2,1-4H3,(H,22,25)/t15-/m0/s1. The van der Waals surface area contributed by atoms with Crippen LogP contribution in [-0.4, -0.2) is 24.2 Å². The number of carbonyl (C=O) groups excluding carboxylic acids is 1. The Balaban J connectivity index is 1.73. The average molecular weight is 389 g/mol. The summed E-state index contributed by atoms with van der Waals surface area (Å²) in [6, 6.07) is 5.17. The van der Waals surface area contributed by atoms with Gasteiger partial charge in [0.25, 0.3) is 11.5 Å². The highest BCUT2D eigenvalue weighted by Crippen LogP contribution is 2.40. The topological polar surface area (TPSA) is 60.3 Å². The molecule has 0 spiro atoms. The largest absolute Gasteiger partial charge is 0.383 e. The fourth-order valence-corrected chi connectivity index (χ4v) is 4.64. The lowest BCUT2D eigenvalue weighted by Crippen LogP contribution is -2.26. The molecular formula is C21H28N2O3S. The molecule has 2 heterocycles. The smallest absolute Gasteiger partial charge is 0.265 e. The Labute approximate surface area is 164 Å². The van der Waals surface area contributed by atoms with E-state index in [9.17, 15) is 9.59 Å². The number of methoxy groups -OCH3 is 1. The van der Waals surface area contributed by atoms with Gasteiger partial charge >= 0.3 is 0 Å². The molecule has 0 fully saturated rings. The van der Waals surface area contributed by atoms with Crippen molar-refractivity contribution in [1.82, 2.24) is 4.57 Å². The first kappa shape index (κ1) is 19.8. The van der Waals surface area contributed by atoms with Gasteiger partial charge in [0.15, 0.2) is 0 Å². The van der Waals surface area contributed by atoms with Crippen LogP contribution < -0.4 is 10.9 Å². The number of rotatable bonds is 5. The van der Waals surface area contributed by atoms with Crippen LogP contribution in [0.15, 0.2) is 29.2 Å². The number of pyridine rings is 1. The van der Waals surface area contributed by atoms with Gasteiger partial charge in [-0.2, -0.15) is 0 Å². The van der Waals surface area contributed by atoms with Crippen LogP contribution in [0.5, 0.6) is 0 Å². The van der Waals surface area contributed by atoms with Crippen molar-refractivity contribution in [3.8, 4) is 0 Å². The molecule has 1 aliphatic rings. The van der Waals surface area contributed by atoms with E-state index in [0.29, 0.717) is 24.8 Å². The van der Waals surface area contributed by atoms with Gasteiger partial charge in [0.05, 0.1) is 17.2 Å². The van der Waals surface area contributed by atoms with Crippen LogP contribution in [0.2, 0.25) is 0 Å². The van der Waals surface area contributed by atoms with Crippen molar-refractivity contribution in [2.45, 2.75) is 46.6 Å². The fourth-order valence-electron chi connectivity index (χ4n) is 3.54. The summed E-state index contributed by atoms with van der Waals surface area (Å²) < 4.78 is 6.57. The summed E-state index contributed by atoms with van der Waals surface area (Å²) in [4.78, 5) is 26.7. The Bertz CT molecular complexity index is 876. The SMILES string of the molecule is COCCn1cc(NC(=O)c2cc3c(s2)CC[C@H](C(C)(C)C)C3)ccc1=O. The molecule has 1 aliphatic carbocycles. The van der Waals surface area contributed by atoms with E-state index >= 15 is 0 Å². The number of carbonyl (C=O) groups is 1. The number of hydrogen-bond acceptors (Lipinski definition) is 4. The van der Waals surface area contributed by atoms with Crippen molar-refractivity contribution in [3.05, 3.63) is 50.1 Å². The van der Waals surface area contributed by atoms with Crippen LogP contribution in [-0.2, 0) is 24.1 Å². The summed E-state index contributed by atoms with van der Waals surface area (Å²) in [7, 11) is 1.60. The second kappa shape index (κ2) is 7.98. The molecule has 2 aromatic rings. The average Bonchev–Trinajstić information content (AvgIpc) is 3.05. The maximum atomic E-state index is 12.7. The Morgan fingerprint density at radius 3 is 2.85 bits per heavy atom. The second-order valence-corrected chi connectivity index (χ2v) is 9.40. The molecule has 5 nitrogen and oxygen atoms in total. The predicted molar refractivity (Wildman–Crippen MR) is 110 cm³/mol. The molecule has 27 heavy (non-hydrogen) atoms. The van der Waals surface area contributed by atoms with Gasteiger partial charge in [-0.05, 0) is 48.3 Å². The minimum absolute atomic E-state index is 0.107. The monoisotopic (exact) mass is 388 g/mol. The minimum Gasteiger partial charge on any atom is -0.383 e. The second-order valence-electron chi connectivity index (χ2n) is 8.26. The van der Waals surface area contributed by atoms with Crippen molar-refractivity contribution < 1.29 is 9.53 Å². The van der Waals surface area contributed by atoms with Gasteiger partial charge in [-0.1, -0.05) is 20.8 Å². The molecule has 1 N–H and O–H groups in total. The summed E-state index contributed by atoms with van der Waals surface area (Å²) in [5.41, 5.74) is 2.12. The summed E-state index contributed by atoms with van der Waals surface area (Å²) in [6.45, 7) is 7.79. The first-order valence-electron chi connectivity index (χ1n) is 9.40. The van der Waals surface area contributed by atoms with Gasteiger partial charge in [0, 0.05) is 30.8 Å². The molecule has 1 atom stereocenters. The number of aryl methyl sites for hydroxylation is 1. The lowest BCUT2D eigenvalue weighted by molar-refractivity contribution is 0.103. The molecule has 0 saturated heterocycles. The van der Waals surface area contributed by atoms with Gasteiger partial charge in [-0.15, -0.1) is 11.3 Å². The van der Waals surface area contributed by atoms with Crippen LogP contribution in [0.25, 0.3) is 0 Å². The van der Waals surface area contributed by atoms with E-state index in [4.69, 9.17) is 4.74 Å². The van der Waals surface area contributed by atoms with Crippen molar-refractivity contribution in [3.63, 3.8) is 0 Å². The zero-order valence-corrected chi connectivity index (χ0v) is 17.3. The van der Waals surface area contributed by atoms with Crippen molar-refractivity contribution >= 4 is 22.9 Å². The Kier molecular flexibility index (Phi) is 5.86. The van der Waals surface area contributed by atoms with Crippen LogP contribution >= 0.6 is 11.3 Å². The molecule has 146 valence electrons. The van der Waals surface area contributed by atoms with Crippen LogP contribution in [0.4, 0.5) is 5.69 Å². The number of nitrogens with zero attached hydrogens (tertiary/aromatic N) is 1. The number of hydrogen-bond donors (Lipinski definition) is 1. The van der Waals surface area contributed by atoms with E-state index in [1.165, 1.54) is 22.9 Å². The molecule has 0 aliphatic heterocycles. The number of ether oxygens (including phenoxy) is 1. The molecule has 6 heteroatoms. The first-order chi connectivity index (χ1) is 12.8. The van der Waals surface area contributed by atoms with E-state index in [2.05, 4.69) is 26.1 Å². The van der Waals surface area contributed by atoms with Gasteiger partial charge in [0.2, 0.25) is 0 Å². The molecule has 0 saturated carbocycles. The van der Waals surface area contributed by atoms with Crippen LogP contribution in [0.1, 0.15) is 47.3 Å². The lowest BCUT2D eigenvalue weighted by Gasteiger charge is -2.33. The van der Waals surface area contributed by atoms with Crippen LogP contribution in [0, 0.1) is 11.3 Å². The highest BCUT2D eigenvalue weighted by Gasteiger charge is 2.30. The van der Waals surface area contributed by atoms with Crippen molar-refractivity contribution in [2.24, 2.45) is 11.3 Å². The van der Waals surface area contributed by atoms with Gasteiger partial charge < -0.3 is 14.6 Å². The van der Waals surface area contributed by atoms with Crippen molar-refractivity contribution in [1.29, 1.82) is 0 Å². The molecule has 3 rings (SSSR count). The molecule has 0 bridgehead atoms. The van der Waals surface area contributed by atoms with Crippen molar-refractivity contribution in [2.75, 3.05) is 19.0 Å². The quantitative estimate of drug-likeness (QED) is 0.843. The number of amides is 1. The van der Waals surface area contributed by atoms with E-state index in [1.807, 2.05) is 6.07 Å². The van der Waals surface area contributed by atoms with E-state index in [1.54, 1.807) is 35.3 Å². The number of anilines is 1. The summed E-state index contributed by atoms with van der Waals surface area (Å²) in [5, 5.41) is 2.92. The molecule has 0 radical (unpaired) electrons. The normalized spacial score (nSPS) is 16.8. The summed E-state index contributed by atoms with van der Waals surface area (Å²) in [5.74, 6) is 0.540. The molecule has 0 unspecified atom stereocenters. The number of fused-ring (bicyclic) bond motifs is 1. The third-order valence-corrected chi connectivity index (χ3v) is 6.54. The predicted octanol–water partition coefficient (Wildman–Crippen LogP) is 3.96. The lowest BCUT2D eigenvalue weighted by atomic mass is 9.72. The first-order valence-corrected chi connectivity index (χ1v) is 10.2. The highest BCUT2D eigenvalue weighted by atomic mass is 32.1. The summed E-state index contributed by atoms with van der Waals surface area (Å²) >= 11 is 1.60. The third-order valence-electron chi connectivity index (χ3n) is 5.31. The van der Waals surface area contributed by atoms with Crippen LogP contribution in [0.3, 0.4) is 0 Å². The van der Waals surface area contributed by atoms with Gasteiger partial charge in [-0.3, -0.25) is 9.59 Å². The highest BCUT2D eigenvalue weighted by molar-refractivity contribution is 7.14. The fraction of sp³-hybridized carbons (Fsp3) is 0.524. The minimum atomic E-state index is -0.112.